The Kier molecular flexibility index (Phi) is 3.97. The van der Waals surface area contributed by atoms with Crippen LogP contribution in [0, 0.1) is 6.92 Å². The Morgan fingerprint density at radius 3 is 2.81 bits per heavy atom. The number of pyridine rings is 1. The molecule has 3 aromatic rings. The molecule has 0 aromatic carbocycles. The van der Waals surface area contributed by atoms with Crippen LogP contribution in [0.1, 0.15) is 39.4 Å². The van der Waals surface area contributed by atoms with Gasteiger partial charge in [0.1, 0.15) is 23.9 Å². The van der Waals surface area contributed by atoms with Crippen molar-refractivity contribution in [3.05, 3.63) is 76.9 Å². The average molecular weight is 352 g/mol. The number of aryl methyl sites for hydroxylation is 1. The number of fused-ring (bicyclic) bond motifs is 1. The number of carbonyl (C=O) groups is 1. The fourth-order valence-corrected chi connectivity index (χ4v) is 3.26. The Hall–Kier alpha value is -3.12. The van der Waals surface area contributed by atoms with Crippen LogP contribution in [0.2, 0.25) is 0 Å². The molecule has 2 N–H and O–H groups in total. The molecule has 0 radical (unpaired) electrons. The topological polar surface area (TPSA) is 87.7 Å². The van der Waals surface area contributed by atoms with Gasteiger partial charge in [0.2, 0.25) is 12.2 Å². The van der Waals surface area contributed by atoms with E-state index in [1.54, 1.807) is 35.1 Å². The van der Waals surface area contributed by atoms with Crippen molar-refractivity contribution in [1.82, 2.24) is 0 Å². The molecule has 1 aliphatic rings. The van der Waals surface area contributed by atoms with Gasteiger partial charge in [-0.05, 0) is 37.3 Å². The number of aromatic hydroxyl groups is 1. The van der Waals surface area contributed by atoms with Crippen molar-refractivity contribution in [2.45, 2.75) is 19.4 Å². The van der Waals surface area contributed by atoms with Crippen LogP contribution >= 0.6 is 0 Å². The zero-order valence-corrected chi connectivity index (χ0v) is 14.2. The number of Topliss-reactive ketones (excluding diaryl/α,β-unsaturated/α-hetero) is 1. The van der Waals surface area contributed by atoms with Gasteiger partial charge in [0, 0.05) is 18.1 Å². The zero-order valence-electron chi connectivity index (χ0n) is 14.2. The predicted octanol–water partition coefficient (Wildman–Crippen LogP) is 2.58. The Bertz CT molecular complexity index is 997. The number of hydrogen-bond acceptors (Lipinski definition) is 5. The van der Waals surface area contributed by atoms with Crippen molar-refractivity contribution in [1.29, 1.82) is 0 Å². The fraction of sp³-hybridized carbons (Fsp3) is 0.200. The maximum absolute atomic E-state index is 12.9. The van der Waals surface area contributed by atoms with Crippen LogP contribution in [-0.4, -0.2) is 22.6 Å². The molecular formula is C20H18NO5+. The van der Waals surface area contributed by atoms with E-state index in [2.05, 4.69) is 0 Å². The number of ketones is 1. The summed E-state index contributed by atoms with van der Waals surface area (Å²) in [5.41, 5.74) is 1.43. The highest BCUT2D eigenvalue weighted by Gasteiger charge is 2.43. The lowest BCUT2D eigenvalue weighted by Gasteiger charge is -2.06. The molecule has 3 aromatic heterocycles. The SMILES string of the molecule is Cc1ccc(/C=C2/C(=O)c3cc(Cc4ccco4)c(O)c[n+]3C2CO)o1. The lowest BCUT2D eigenvalue weighted by molar-refractivity contribution is -0.710. The first-order chi connectivity index (χ1) is 12.6. The van der Waals surface area contributed by atoms with Crippen LogP contribution in [0.3, 0.4) is 0 Å². The normalized spacial score (nSPS) is 17.8. The maximum Gasteiger partial charge on any atom is 0.259 e. The predicted molar refractivity (Wildman–Crippen MR) is 91.7 cm³/mol. The summed E-state index contributed by atoms with van der Waals surface area (Å²) in [5.74, 6) is 1.84. The van der Waals surface area contributed by atoms with Crippen molar-refractivity contribution in [3.63, 3.8) is 0 Å². The van der Waals surface area contributed by atoms with Crippen LogP contribution in [-0.2, 0) is 6.42 Å². The highest BCUT2D eigenvalue weighted by atomic mass is 16.3. The highest BCUT2D eigenvalue weighted by molar-refractivity contribution is 6.11. The zero-order chi connectivity index (χ0) is 18.3. The number of aliphatic hydroxyl groups excluding tert-OH is 1. The number of rotatable bonds is 4. The minimum absolute atomic E-state index is 0.0477. The quantitative estimate of drug-likeness (QED) is 0.557. The standard InChI is InChI=1S/C20H17NO5/c1-12-4-5-15(26-12)9-16-18(11-22)21-10-19(23)13(8-17(21)20(16)24)7-14-3-2-6-25-14/h2-6,8-10,18,22H,7,11H2,1H3/p+1/b16-9+. The summed E-state index contributed by atoms with van der Waals surface area (Å²) in [5, 5.41) is 20.2. The van der Waals surface area contributed by atoms with Crippen LogP contribution in [0.5, 0.6) is 5.75 Å². The summed E-state index contributed by atoms with van der Waals surface area (Å²) in [4.78, 5) is 12.9. The van der Waals surface area contributed by atoms with E-state index in [-0.39, 0.29) is 18.1 Å². The van der Waals surface area contributed by atoms with Crippen LogP contribution in [0.15, 0.2) is 57.2 Å². The van der Waals surface area contributed by atoms with E-state index in [0.717, 1.165) is 5.76 Å². The van der Waals surface area contributed by atoms with Gasteiger partial charge in [0.05, 0.1) is 11.8 Å². The second-order valence-electron chi connectivity index (χ2n) is 6.31. The lowest BCUT2D eigenvalue weighted by atomic mass is 10.0. The van der Waals surface area contributed by atoms with Gasteiger partial charge in [0.25, 0.3) is 11.5 Å². The van der Waals surface area contributed by atoms with Crippen molar-refractivity contribution in [2.75, 3.05) is 6.61 Å². The molecule has 4 heterocycles. The second kappa shape index (κ2) is 6.31. The number of nitrogens with zero attached hydrogens (tertiary/aromatic N) is 1. The monoisotopic (exact) mass is 352 g/mol. The summed E-state index contributed by atoms with van der Waals surface area (Å²) in [6, 6.07) is 8.25. The molecule has 0 amide bonds. The van der Waals surface area contributed by atoms with E-state index >= 15 is 0 Å². The number of aromatic nitrogens is 1. The summed E-state index contributed by atoms with van der Waals surface area (Å²) in [6.07, 6.45) is 5.07. The van der Waals surface area contributed by atoms with Crippen molar-refractivity contribution in [2.24, 2.45) is 0 Å². The van der Waals surface area contributed by atoms with Gasteiger partial charge in [-0.15, -0.1) is 0 Å². The molecule has 0 bridgehead atoms. The first-order valence-corrected chi connectivity index (χ1v) is 8.30. The highest BCUT2D eigenvalue weighted by Crippen LogP contribution is 2.30. The maximum atomic E-state index is 12.9. The van der Waals surface area contributed by atoms with E-state index in [0.29, 0.717) is 34.8 Å². The first-order valence-electron chi connectivity index (χ1n) is 8.30. The lowest BCUT2D eigenvalue weighted by Crippen LogP contribution is -2.40. The number of carbonyl (C=O) groups excluding carboxylic acids is 1. The van der Waals surface area contributed by atoms with Crippen molar-refractivity contribution in [3.8, 4) is 5.75 Å². The molecule has 26 heavy (non-hydrogen) atoms. The van der Waals surface area contributed by atoms with Crippen LogP contribution in [0.4, 0.5) is 0 Å². The van der Waals surface area contributed by atoms with Gasteiger partial charge in [-0.25, -0.2) is 0 Å². The Balaban J connectivity index is 1.75. The molecular weight excluding hydrogens is 334 g/mol. The smallest absolute Gasteiger partial charge is 0.259 e. The minimum Gasteiger partial charge on any atom is -0.503 e. The third-order valence-corrected chi connectivity index (χ3v) is 4.55. The van der Waals surface area contributed by atoms with Crippen molar-refractivity contribution < 1.29 is 28.4 Å². The molecule has 0 fully saturated rings. The van der Waals surface area contributed by atoms with Crippen LogP contribution in [0.25, 0.3) is 6.08 Å². The molecule has 1 aliphatic heterocycles. The molecule has 1 unspecified atom stereocenters. The van der Waals surface area contributed by atoms with E-state index in [1.807, 2.05) is 19.1 Å². The Morgan fingerprint density at radius 2 is 2.15 bits per heavy atom. The molecule has 0 aliphatic carbocycles. The molecule has 6 nitrogen and oxygen atoms in total. The van der Waals surface area contributed by atoms with E-state index in [4.69, 9.17) is 8.83 Å². The van der Waals surface area contributed by atoms with Gasteiger partial charge in [-0.2, -0.15) is 4.57 Å². The summed E-state index contributed by atoms with van der Waals surface area (Å²) >= 11 is 0. The summed E-state index contributed by atoms with van der Waals surface area (Å²) < 4.78 is 12.4. The second-order valence-corrected chi connectivity index (χ2v) is 6.31. The average Bonchev–Trinajstić information content (AvgIpc) is 3.32. The van der Waals surface area contributed by atoms with E-state index < -0.39 is 6.04 Å². The Morgan fingerprint density at radius 1 is 1.31 bits per heavy atom. The van der Waals surface area contributed by atoms with Crippen molar-refractivity contribution >= 4 is 11.9 Å². The number of aliphatic hydroxyl groups is 1. The van der Waals surface area contributed by atoms with Gasteiger partial charge in [0.15, 0.2) is 5.75 Å². The molecule has 4 rings (SSSR count). The largest absolute Gasteiger partial charge is 0.503 e. The molecule has 0 spiro atoms. The van der Waals surface area contributed by atoms with Gasteiger partial charge in [-0.1, -0.05) is 0 Å². The number of hydrogen-bond donors (Lipinski definition) is 2. The van der Waals surface area contributed by atoms with E-state index in [1.165, 1.54) is 6.20 Å². The molecule has 0 saturated heterocycles. The fourth-order valence-electron chi connectivity index (χ4n) is 3.26. The van der Waals surface area contributed by atoms with Gasteiger partial charge < -0.3 is 19.0 Å². The minimum atomic E-state index is -0.563. The molecule has 1 atom stereocenters. The number of furan rings is 2. The molecule has 132 valence electrons. The first kappa shape index (κ1) is 16.4. The summed E-state index contributed by atoms with van der Waals surface area (Å²) in [7, 11) is 0. The molecule has 0 saturated carbocycles. The summed E-state index contributed by atoms with van der Waals surface area (Å²) in [6.45, 7) is 1.57. The Labute approximate surface area is 149 Å². The molecule has 6 heteroatoms. The van der Waals surface area contributed by atoms with E-state index in [9.17, 15) is 15.0 Å². The van der Waals surface area contributed by atoms with Gasteiger partial charge >= 0.3 is 0 Å². The van der Waals surface area contributed by atoms with Crippen LogP contribution < -0.4 is 4.57 Å². The van der Waals surface area contributed by atoms with Gasteiger partial charge in [-0.3, -0.25) is 4.79 Å². The third kappa shape index (κ3) is 2.74. The third-order valence-electron chi connectivity index (χ3n) is 4.55.